The van der Waals surface area contributed by atoms with Crippen molar-refractivity contribution in [3.63, 3.8) is 0 Å². The fourth-order valence-corrected chi connectivity index (χ4v) is 5.47. The molecule has 0 atom stereocenters. The normalized spacial score (nSPS) is 16.5. The van der Waals surface area contributed by atoms with Gasteiger partial charge in [0.25, 0.3) is 0 Å². The van der Waals surface area contributed by atoms with Crippen molar-refractivity contribution in [2.24, 2.45) is 0 Å². The lowest BCUT2D eigenvalue weighted by Gasteiger charge is -2.36. The highest BCUT2D eigenvalue weighted by molar-refractivity contribution is 7.92. The van der Waals surface area contributed by atoms with Crippen LogP contribution in [-0.4, -0.2) is 61.6 Å². The molecular weight excluding hydrogens is 424 g/mol. The Morgan fingerprint density at radius 1 is 1.29 bits per heavy atom. The average molecular weight is 451 g/mol. The predicted molar refractivity (Wildman–Crippen MR) is 114 cm³/mol. The van der Waals surface area contributed by atoms with E-state index in [9.17, 15) is 8.42 Å². The van der Waals surface area contributed by atoms with Crippen LogP contribution in [0, 0.1) is 0 Å². The Labute approximate surface area is 180 Å². The number of aromatic nitrogens is 3. The summed E-state index contributed by atoms with van der Waals surface area (Å²) in [5.41, 5.74) is 0.528. The number of anilines is 1. The quantitative estimate of drug-likeness (QED) is 0.528. The number of methoxy groups -OCH3 is 1. The standard InChI is InChI=1S/C20H26N4O6S/c1-3-29-20(5-9-28-10-6-20)14-31(25,26)23-19-18-16(27-2)11-15(12-17(18)30-22-19)13-24-8-4-7-21-24/h4,7-8,11-12H,3,5-6,9-10,13-14H2,1-2H3,(H,22,23). The molecule has 3 heterocycles. The number of benzene rings is 1. The Hall–Kier alpha value is -2.63. The maximum atomic E-state index is 13.0. The van der Waals surface area contributed by atoms with Gasteiger partial charge in [-0.2, -0.15) is 5.10 Å². The summed E-state index contributed by atoms with van der Waals surface area (Å²) >= 11 is 0. The van der Waals surface area contributed by atoms with E-state index < -0.39 is 15.6 Å². The van der Waals surface area contributed by atoms with Crippen molar-refractivity contribution in [3.8, 4) is 5.75 Å². The molecule has 0 bridgehead atoms. The molecule has 10 nitrogen and oxygen atoms in total. The number of nitrogens with zero attached hydrogens (tertiary/aromatic N) is 3. The van der Waals surface area contributed by atoms with Crippen LogP contribution >= 0.6 is 0 Å². The highest BCUT2D eigenvalue weighted by Crippen LogP contribution is 2.35. The van der Waals surface area contributed by atoms with Crippen LogP contribution in [0.1, 0.15) is 25.3 Å². The average Bonchev–Trinajstić information content (AvgIpc) is 3.38. The monoisotopic (exact) mass is 450 g/mol. The van der Waals surface area contributed by atoms with Gasteiger partial charge in [-0.15, -0.1) is 0 Å². The first-order valence-electron chi connectivity index (χ1n) is 10.1. The first kappa shape index (κ1) is 21.6. The van der Waals surface area contributed by atoms with Crippen LogP contribution < -0.4 is 9.46 Å². The molecule has 0 spiro atoms. The third kappa shape index (κ3) is 4.83. The van der Waals surface area contributed by atoms with Gasteiger partial charge in [-0.25, -0.2) is 8.42 Å². The minimum absolute atomic E-state index is 0.0937. The molecule has 168 valence electrons. The van der Waals surface area contributed by atoms with E-state index in [1.165, 1.54) is 7.11 Å². The summed E-state index contributed by atoms with van der Waals surface area (Å²) < 4.78 is 52.5. The molecule has 0 saturated carbocycles. The van der Waals surface area contributed by atoms with Crippen molar-refractivity contribution in [3.05, 3.63) is 36.2 Å². The number of ether oxygens (including phenoxy) is 3. The molecule has 1 aliphatic rings. The first-order valence-corrected chi connectivity index (χ1v) is 11.7. The van der Waals surface area contributed by atoms with Gasteiger partial charge in [-0.05, 0) is 30.7 Å². The lowest BCUT2D eigenvalue weighted by atomic mass is 9.96. The van der Waals surface area contributed by atoms with E-state index in [0.29, 0.717) is 55.9 Å². The molecule has 1 aromatic carbocycles. The largest absolute Gasteiger partial charge is 0.496 e. The summed E-state index contributed by atoms with van der Waals surface area (Å²) in [6, 6.07) is 5.45. The summed E-state index contributed by atoms with van der Waals surface area (Å²) in [6.07, 6.45) is 4.58. The second-order valence-electron chi connectivity index (χ2n) is 7.50. The van der Waals surface area contributed by atoms with Gasteiger partial charge in [0.2, 0.25) is 10.0 Å². The van der Waals surface area contributed by atoms with Gasteiger partial charge in [-0.3, -0.25) is 9.40 Å². The second kappa shape index (κ2) is 8.85. The molecule has 0 radical (unpaired) electrons. The minimum atomic E-state index is -3.78. The van der Waals surface area contributed by atoms with Crippen LogP contribution in [0.3, 0.4) is 0 Å². The molecule has 1 fully saturated rings. The fourth-order valence-electron chi connectivity index (χ4n) is 3.90. The lowest BCUT2D eigenvalue weighted by molar-refractivity contribution is -0.0925. The van der Waals surface area contributed by atoms with E-state index in [1.807, 2.05) is 25.3 Å². The highest BCUT2D eigenvalue weighted by atomic mass is 32.2. The molecule has 3 aromatic rings. The molecule has 0 amide bonds. The third-order valence-electron chi connectivity index (χ3n) is 5.28. The van der Waals surface area contributed by atoms with Crippen LogP contribution in [-0.2, 0) is 26.0 Å². The number of nitrogens with one attached hydrogen (secondary N) is 1. The summed E-state index contributed by atoms with van der Waals surface area (Å²) in [5.74, 6) is 0.367. The predicted octanol–water partition coefficient (Wildman–Crippen LogP) is 2.41. The molecule has 1 N–H and O–H groups in total. The van der Waals surface area contributed by atoms with Crippen LogP contribution in [0.5, 0.6) is 5.75 Å². The van der Waals surface area contributed by atoms with Crippen LogP contribution in [0.25, 0.3) is 11.0 Å². The number of hydrogen-bond donors (Lipinski definition) is 1. The Morgan fingerprint density at radius 2 is 2.10 bits per heavy atom. The number of fused-ring (bicyclic) bond motifs is 1. The van der Waals surface area contributed by atoms with E-state index in [-0.39, 0.29) is 11.6 Å². The van der Waals surface area contributed by atoms with Crippen molar-refractivity contribution in [1.29, 1.82) is 0 Å². The van der Waals surface area contributed by atoms with Crippen molar-refractivity contribution < 1.29 is 27.2 Å². The van der Waals surface area contributed by atoms with E-state index in [1.54, 1.807) is 16.9 Å². The summed E-state index contributed by atoms with van der Waals surface area (Å²) in [4.78, 5) is 0. The van der Waals surface area contributed by atoms with Gasteiger partial charge in [0.15, 0.2) is 11.4 Å². The van der Waals surface area contributed by atoms with E-state index in [4.69, 9.17) is 18.7 Å². The minimum Gasteiger partial charge on any atom is -0.496 e. The zero-order valence-electron chi connectivity index (χ0n) is 17.5. The SMILES string of the molecule is CCOC1(CS(=O)(=O)Nc2noc3cc(Cn4cccn4)cc(OC)c23)CCOCC1. The highest BCUT2D eigenvalue weighted by Gasteiger charge is 2.38. The first-order chi connectivity index (χ1) is 14.9. The maximum Gasteiger partial charge on any atom is 0.236 e. The summed E-state index contributed by atoms with van der Waals surface area (Å²) in [6.45, 7) is 3.73. The van der Waals surface area contributed by atoms with Gasteiger partial charge in [0.05, 0.1) is 25.0 Å². The Balaban J connectivity index is 1.60. The van der Waals surface area contributed by atoms with Crippen LogP contribution in [0.15, 0.2) is 35.1 Å². The molecule has 0 unspecified atom stereocenters. The van der Waals surface area contributed by atoms with E-state index in [2.05, 4.69) is 15.0 Å². The summed E-state index contributed by atoms with van der Waals surface area (Å²) in [5, 5.41) is 8.62. The number of rotatable bonds is 9. The Kier molecular flexibility index (Phi) is 6.17. The molecule has 2 aromatic heterocycles. The molecular formula is C20H26N4O6S. The molecule has 0 aliphatic carbocycles. The van der Waals surface area contributed by atoms with Crippen molar-refractivity contribution in [1.82, 2.24) is 14.9 Å². The van der Waals surface area contributed by atoms with E-state index >= 15 is 0 Å². The fraction of sp³-hybridized carbons (Fsp3) is 0.500. The molecule has 31 heavy (non-hydrogen) atoms. The van der Waals surface area contributed by atoms with Gasteiger partial charge in [0, 0.05) is 45.1 Å². The van der Waals surface area contributed by atoms with Crippen molar-refractivity contribution in [2.45, 2.75) is 31.9 Å². The lowest BCUT2D eigenvalue weighted by Crippen LogP contribution is -2.46. The van der Waals surface area contributed by atoms with Crippen LogP contribution in [0.4, 0.5) is 5.82 Å². The number of hydrogen-bond acceptors (Lipinski definition) is 8. The molecule has 1 saturated heterocycles. The molecule has 1 aliphatic heterocycles. The van der Waals surface area contributed by atoms with Crippen LogP contribution in [0.2, 0.25) is 0 Å². The smallest absolute Gasteiger partial charge is 0.236 e. The Morgan fingerprint density at radius 3 is 2.77 bits per heavy atom. The van der Waals surface area contributed by atoms with Gasteiger partial charge in [-0.1, -0.05) is 5.16 Å². The molecule has 11 heteroatoms. The zero-order valence-corrected chi connectivity index (χ0v) is 18.4. The van der Waals surface area contributed by atoms with Gasteiger partial charge < -0.3 is 18.7 Å². The maximum absolute atomic E-state index is 13.0. The Bertz CT molecular complexity index is 1110. The van der Waals surface area contributed by atoms with Crippen molar-refractivity contribution in [2.75, 3.05) is 37.4 Å². The molecule has 4 rings (SSSR count). The third-order valence-corrected chi connectivity index (χ3v) is 6.69. The van der Waals surface area contributed by atoms with Gasteiger partial charge in [0.1, 0.15) is 11.1 Å². The second-order valence-corrected chi connectivity index (χ2v) is 9.22. The van der Waals surface area contributed by atoms with E-state index in [0.717, 1.165) is 5.56 Å². The zero-order chi connectivity index (χ0) is 21.9. The topological polar surface area (TPSA) is 118 Å². The summed E-state index contributed by atoms with van der Waals surface area (Å²) in [7, 11) is -2.26. The van der Waals surface area contributed by atoms with Gasteiger partial charge >= 0.3 is 0 Å². The number of sulfonamides is 1. The van der Waals surface area contributed by atoms with Crippen molar-refractivity contribution >= 4 is 26.8 Å².